The number of nitriles is 2. The molecule has 2 unspecified atom stereocenters. The van der Waals surface area contributed by atoms with E-state index in [1.165, 1.54) is 37.0 Å². The van der Waals surface area contributed by atoms with Crippen LogP contribution in [0.25, 0.3) is 0 Å². The lowest BCUT2D eigenvalue weighted by atomic mass is 9.80. The standard InChI is InChI=1S/C17H22N4O.ClH/c18-8-14-1-2-15(9-19)21(14)16(22)10-20-17-6-11-3-12(7-17)5-13(17)4-11;/h11-15,20H,1-7,10H2;1H/t11-,12+,13?,14-,15+,17?;. The van der Waals surface area contributed by atoms with Crippen molar-refractivity contribution in [2.24, 2.45) is 17.8 Å². The molecule has 0 radical (unpaired) electrons. The lowest BCUT2D eigenvalue weighted by Crippen LogP contribution is -2.52. The fraction of sp³-hybridized carbons (Fsp3) is 0.824. The summed E-state index contributed by atoms with van der Waals surface area (Å²) in [6.07, 6.45) is 7.70. The Bertz CT molecular complexity index is 544. The highest BCUT2D eigenvalue weighted by atomic mass is 35.5. The van der Waals surface area contributed by atoms with E-state index in [4.69, 9.17) is 0 Å². The molecule has 5 aliphatic rings. The average molecular weight is 335 g/mol. The van der Waals surface area contributed by atoms with Crippen LogP contribution in [-0.4, -0.2) is 35.0 Å². The second-order valence-electron chi connectivity index (χ2n) is 7.72. The van der Waals surface area contributed by atoms with Gasteiger partial charge in [0.2, 0.25) is 5.91 Å². The van der Waals surface area contributed by atoms with Gasteiger partial charge in [-0.3, -0.25) is 4.79 Å². The van der Waals surface area contributed by atoms with Crippen molar-refractivity contribution in [3.05, 3.63) is 0 Å². The van der Waals surface area contributed by atoms with Gasteiger partial charge in [0.25, 0.3) is 0 Å². The molecule has 0 spiro atoms. The van der Waals surface area contributed by atoms with Crippen molar-refractivity contribution < 1.29 is 4.79 Å². The molecule has 1 saturated heterocycles. The predicted molar refractivity (Wildman–Crippen MR) is 86.4 cm³/mol. The van der Waals surface area contributed by atoms with Gasteiger partial charge in [0.15, 0.2) is 0 Å². The molecule has 5 rings (SSSR count). The monoisotopic (exact) mass is 334 g/mol. The topological polar surface area (TPSA) is 79.9 Å². The van der Waals surface area contributed by atoms with Crippen molar-refractivity contribution in [2.75, 3.05) is 6.54 Å². The molecule has 4 aliphatic carbocycles. The molecule has 5 fully saturated rings. The minimum Gasteiger partial charge on any atom is -0.310 e. The highest BCUT2D eigenvalue weighted by molar-refractivity contribution is 5.85. The molecule has 1 heterocycles. The van der Waals surface area contributed by atoms with Crippen molar-refractivity contribution in [1.82, 2.24) is 10.2 Å². The van der Waals surface area contributed by atoms with Crippen LogP contribution in [-0.2, 0) is 4.79 Å². The summed E-state index contributed by atoms with van der Waals surface area (Å²) in [7, 11) is 0. The molecule has 0 aromatic rings. The van der Waals surface area contributed by atoms with E-state index in [9.17, 15) is 15.3 Å². The summed E-state index contributed by atoms with van der Waals surface area (Å²) >= 11 is 0. The van der Waals surface area contributed by atoms with Gasteiger partial charge >= 0.3 is 0 Å². The number of rotatable bonds is 3. The van der Waals surface area contributed by atoms with E-state index >= 15 is 0 Å². The van der Waals surface area contributed by atoms with Crippen molar-refractivity contribution in [3.8, 4) is 12.1 Å². The maximum atomic E-state index is 12.6. The number of carbonyl (C=O) groups excluding carboxylic acids is 1. The van der Waals surface area contributed by atoms with Gasteiger partial charge in [0.1, 0.15) is 12.1 Å². The minimum absolute atomic E-state index is 0. The highest BCUT2D eigenvalue weighted by Gasteiger charge is 2.57. The van der Waals surface area contributed by atoms with E-state index in [0.717, 1.165) is 17.8 Å². The van der Waals surface area contributed by atoms with Crippen LogP contribution in [0.4, 0.5) is 0 Å². The quantitative estimate of drug-likeness (QED) is 0.855. The van der Waals surface area contributed by atoms with Gasteiger partial charge in [-0.15, -0.1) is 12.4 Å². The highest BCUT2D eigenvalue weighted by Crippen LogP contribution is 2.60. The third-order valence-corrected chi connectivity index (χ3v) is 6.55. The largest absolute Gasteiger partial charge is 0.310 e. The molecule has 4 bridgehead atoms. The molecule has 0 aromatic carbocycles. The first-order valence-electron chi connectivity index (χ1n) is 8.50. The van der Waals surface area contributed by atoms with Crippen molar-refractivity contribution >= 4 is 18.3 Å². The molecule has 1 N–H and O–H groups in total. The summed E-state index contributed by atoms with van der Waals surface area (Å²) < 4.78 is 0. The number of nitrogens with zero attached hydrogens (tertiary/aromatic N) is 3. The first-order valence-corrected chi connectivity index (χ1v) is 8.50. The van der Waals surface area contributed by atoms with E-state index in [1.807, 2.05) is 0 Å². The van der Waals surface area contributed by atoms with E-state index in [0.29, 0.717) is 12.8 Å². The maximum Gasteiger partial charge on any atom is 0.238 e. The molecule has 6 atom stereocenters. The number of carbonyl (C=O) groups is 1. The molecule has 1 aliphatic heterocycles. The van der Waals surface area contributed by atoms with Crippen LogP contribution < -0.4 is 5.32 Å². The zero-order valence-corrected chi connectivity index (χ0v) is 14.0. The summed E-state index contributed by atoms with van der Waals surface area (Å²) in [5.41, 5.74) is 0.174. The minimum atomic E-state index is -0.423. The van der Waals surface area contributed by atoms with E-state index < -0.39 is 12.1 Å². The third kappa shape index (κ3) is 2.51. The maximum absolute atomic E-state index is 12.6. The van der Waals surface area contributed by atoms with Crippen LogP contribution in [0.2, 0.25) is 0 Å². The first kappa shape index (κ1) is 16.6. The van der Waals surface area contributed by atoms with Crippen molar-refractivity contribution in [1.29, 1.82) is 10.5 Å². The van der Waals surface area contributed by atoms with Gasteiger partial charge in [-0.1, -0.05) is 0 Å². The predicted octanol–water partition coefficient (Wildman–Crippen LogP) is 1.98. The average Bonchev–Trinajstić information content (AvgIpc) is 3.11. The Hall–Kier alpha value is -1.30. The summed E-state index contributed by atoms with van der Waals surface area (Å²) in [6.45, 7) is 0.284. The lowest BCUT2D eigenvalue weighted by molar-refractivity contribution is -0.131. The number of amides is 1. The van der Waals surface area contributed by atoms with Gasteiger partial charge < -0.3 is 10.2 Å². The molecule has 124 valence electrons. The number of halogens is 1. The number of hydrogen-bond acceptors (Lipinski definition) is 4. The number of nitrogens with one attached hydrogen (secondary N) is 1. The first-order chi connectivity index (χ1) is 10.6. The van der Waals surface area contributed by atoms with Crippen LogP contribution in [0.3, 0.4) is 0 Å². The van der Waals surface area contributed by atoms with E-state index in [-0.39, 0.29) is 30.4 Å². The summed E-state index contributed by atoms with van der Waals surface area (Å²) in [6, 6.07) is 3.50. The van der Waals surface area contributed by atoms with Crippen molar-refractivity contribution in [3.63, 3.8) is 0 Å². The van der Waals surface area contributed by atoms with Gasteiger partial charge in [0, 0.05) is 5.54 Å². The Labute approximate surface area is 143 Å². The second-order valence-corrected chi connectivity index (χ2v) is 7.72. The Morgan fingerprint density at radius 3 is 2.17 bits per heavy atom. The molecule has 23 heavy (non-hydrogen) atoms. The molecule has 6 heteroatoms. The Balaban J connectivity index is 0.00000156. The molecular weight excluding hydrogens is 312 g/mol. The van der Waals surface area contributed by atoms with Gasteiger partial charge in [-0.2, -0.15) is 10.5 Å². The SMILES string of the molecule is Cl.N#C[C@@H]1CC[C@H](C#N)N1C(=O)CNC12C[C@@H]3CC1C[C@@H](C3)C2. The zero-order chi connectivity index (χ0) is 15.3. The third-order valence-electron chi connectivity index (χ3n) is 6.55. The van der Waals surface area contributed by atoms with Crippen LogP contribution >= 0.6 is 12.4 Å². The van der Waals surface area contributed by atoms with Crippen molar-refractivity contribution in [2.45, 2.75) is 62.6 Å². The smallest absolute Gasteiger partial charge is 0.238 e. The van der Waals surface area contributed by atoms with Crippen LogP contribution in [0.5, 0.6) is 0 Å². The number of likely N-dealkylation sites (tertiary alicyclic amines) is 1. The second kappa shape index (κ2) is 5.96. The van der Waals surface area contributed by atoms with Gasteiger partial charge in [-0.05, 0) is 62.7 Å². The molecule has 0 aromatic heterocycles. The molecular formula is C17H23ClN4O. The Kier molecular flexibility index (Phi) is 4.29. The lowest BCUT2D eigenvalue weighted by Gasteiger charge is -2.35. The number of hydrogen-bond donors (Lipinski definition) is 1. The van der Waals surface area contributed by atoms with Crippen LogP contribution in [0, 0.1) is 40.4 Å². The zero-order valence-electron chi connectivity index (χ0n) is 13.2. The Morgan fingerprint density at radius 1 is 1.09 bits per heavy atom. The molecule has 5 nitrogen and oxygen atoms in total. The fourth-order valence-corrected chi connectivity index (χ4v) is 5.84. The van der Waals surface area contributed by atoms with Gasteiger partial charge in [-0.25, -0.2) is 0 Å². The molecule has 4 saturated carbocycles. The normalized spacial score (nSPS) is 43.0. The van der Waals surface area contributed by atoms with Crippen LogP contribution in [0.15, 0.2) is 0 Å². The fourth-order valence-electron chi connectivity index (χ4n) is 5.84. The van der Waals surface area contributed by atoms with Crippen LogP contribution in [0.1, 0.15) is 44.9 Å². The Morgan fingerprint density at radius 2 is 1.65 bits per heavy atom. The van der Waals surface area contributed by atoms with E-state index in [1.54, 1.807) is 0 Å². The van der Waals surface area contributed by atoms with E-state index in [2.05, 4.69) is 17.5 Å². The molecule has 1 amide bonds. The van der Waals surface area contributed by atoms with Gasteiger partial charge in [0.05, 0.1) is 18.7 Å². The summed E-state index contributed by atoms with van der Waals surface area (Å²) in [4.78, 5) is 14.1. The summed E-state index contributed by atoms with van der Waals surface area (Å²) in [5, 5.41) is 22.0. The summed E-state index contributed by atoms with van der Waals surface area (Å²) in [5.74, 6) is 2.37.